The van der Waals surface area contributed by atoms with Crippen LogP contribution < -0.4 is 4.74 Å². The Bertz CT molecular complexity index is 1220. The summed E-state index contributed by atoms with van der Waals surface area (Å²) in [7, 11) is 0. The molecule has 1 aromatic heterocycles. The molecule has 0 saturated carbocycles. The quantitative estimate of drug-likeness (QED) is 0.123. The molecule has 5 nitrogen and oxygen atoms in total. The van der Waals surface area contributed by atoms with Crippen molar-refractivity contribution in [3.8, 4) is 22.7 Å². The number of para-hydroxylation sites is 1. The SMILES string of the molecule is C=CCN1C(=O)/C(=C\c2cn(-c3ccccc3)nc2-c2ccc(OCCCCCC)cc2)SC1=S. The summed E-state index contributed by atoms with van der Waals surface area (Å²) in [6.07, 6.45) is 10.2. The van der Waals surface area contributed by atoms with Crippen LogP contribution in [0, 0.1) is 0 Å². The number of ether oxygens (including phenoxy) is 1. The summed E-state index contributed by atoms with van der Waals surface area (Å²) in [6, 6.07) is 17.9. The minimum Gasteiger partial charge on any atom is -0.494 e. The average Bonchev–Trinajstić information content (AvgIpc) is 3.41. The Kier molecular flexibility index (Phi) is 8.55. The predicted octanol–water partition coefficient (Wildman–Crippen LogP) is 6.89. The van der Waals surface area contributed by atoms with E-state index in [0.29, 0.717) is 15.8 Å². The van der Waals surface area contributed by atoms with Crippen molar-refractivity contribution in [2.45, 2.75) is 32.6 Å². The third-order valence-electron chi connectivity index (χ3n) is 5.63. The zero-order chi connectivity index (χ0) is 24.6. The van der Waals surface area contributed by atoms with Crippen LogP contribution in [0.15, 0.2) is 78.4 Å². The summed E-state index contributed by atoms with van der Waals surface area (Å²) in [5.41, 5.74) is 3.53. The van der Waals surface area contributed by atoms with Crippen LogP contribution in [0.2, 0.25) is 0 Å². The Balaban J connectivity index is 1.62. The molecule has 1 saturated heterocycles. The molecule has 2 aromatic carbocycles. The lowest BCUT2D eigenvalue weighted by Gasteiger charge is -2.10. The van der Waals surface area contributed by atoms with Gasteiger partial charge in [-0.15, -0.1) is 6.58 Å². The fourth-order valence-electron chi connectivity index (χ4n) is 3.79. The number of thiocarbonyl (C=S) groups is 1. The molecular formula is C28H29N3O2S2. The van der Waals surface area contributed by atoms with Crippen molar-refractivity contribution in [2.24, 2.45) is 0 Å². The topological polar surface area (TPSA) is 47.4 Å². The third-order valence-corrected chi connectivity index (χ3v) is 7.01. The van der Waals surface area contributed by atoms with E-state index in [1.165, 1.54) is 31.0 Å². The Labute approximate surface area is 216 Å². The number of hydrogen-bond acceptors (Lipinski definition) is 5. The van der Waals surface area contributed by atoms with Gasteiger partial charge in [0.15, 0.2) is 0 Å². The van der Waals surface area contributed by atoms with E-state index in [0.717, 1.165) is 41.3 Å². The van der Waals surface area contributed by atoms with Crippen molar-refractivity contribution in [3.63, 3.8) is 0 Å². The number of carbonyl (C=O) groups is 1. The Morgan fingerprint density at radius 1 is 1.09 bits per heavy atom. The number of rotatable bonds is 11. The van der Waals surface area contributed by atoms with Gasteiger partial charge in [0.2, 0.25) is 0 Å². The second-order valence-corrected chi connectivity index (χ2v) is 9.90. The van der Waals surface area contributed by atoms with Crippen molar-refractivity contribution in [3.05, 3.63) is 83.9 Å². The van der Waals surface area contributed by atoms with Gasteiger partial charge in [-0.1, -0.05) is 74.4 Å². The van der Waals surface area contributed by atoms with E-state index in [2.05, 4.69) is 13.5 Å². The van der Waals surface area contributed by atoms with Gasteiger partial charge in [0.1, 0.15) is 10.1 Å². The zero-order valence-electron chi connectivity index (χ0n) is 19.9. The van der Waals surface area contributed by atoms with Crippen LogP contribution in [0.25, 0.3) is 23.0 Å². The fraction of sp³-hybridized carbons (Fsp3) is 0.250. The number of hydrogen-bond donors (Lipinski definition) is 0. The molecule has 4 rings (SSSR count). The number of thioether (sulfide) groups is 1. The molecular weight excluding hydrogens is 474 g/mol. The summed E-state index contributed by atoms with van der Waals surface area (Å²) in [5.74, 6) is 0.740. The first kappa shape index (κ1) is 24.9. The van der Waals surface area contributed by atoms with Crippen molar-refractivity contribution in [2.75, 3.05) is 13.2 Å². The summed E-state index contributed by atoms with van der Waals surface area (Å²) >= 11 is 6.71. The largest absolute Gasteiger partial charge is 0.494 e. The second kappa shape index (κ2) is 12.0. The molecule has 0 atom stereocenters. The highest BCUT2D eigenvalue weighted by Crippen LogP contribution is 2.35. The molecule has 0 spiro atoms. The molecule has 0 radical (unpaired) electrons. The lowest BCUT2D eigenvalue weighted by molar-refractivity contribution is -0.121. The van der Waals surface area contributed by atoms with Gasteiger partial charge >= 0.3 is 0 Å². The van der Waals surface area contributed by atoms with Crippen LogP contribution in [0.4, 0.5) is 0 Å². The van der Waals surface area contributed by atoms with Crippen molar-refractivity contribution < 1.29 is 9.53 Å². The predicted molar refractivity (Wildman–Crippen MR) is 149 cm³/mol. The summed E-state index contributed by atoms with van der Waals surface area (Å²) in [4.78, 5) is 15.0. The fourth-order valence-corrected chi connectivity index (χ4v) is 5.05. The van der Waals surface area contributed by atoms with Gasteiger partial charge in [0.25, 0.3) is 5.91 Å². The van der Waals surface area contributed by atoms with Crippen LogP contribution >= 0.6 is 24.0 Å². The molecule has 0 unspecified atom stereocenters. The third kappa shape index (κ3) is 6.10. The molecule has 1 aliphatic heterocycles. The van der Waals surface area contributed by atoms with Gasteiger partial charge in [0, 0.05) is 23.9 Å². The molecule has 1 aliphatic rings. The van der Waals surface area contributed by atoms with E-state index in [-0.39, 0.29) is 5.91 Å². The monoisotopic (exact) mass is 503 g/mol. The van der Waals surface area contributed by atoms with Crippen molar-refractivity contribution in [1.82, 2.24) is 14.7 Å². The van der Waals surface area contributed by atoms with Crippen LogP contribution in [-0.2, 0) is 4.79 Å². The molecule has 1 fully saturated rings. The van der Waals surface area contributed by atoms with Gasteiger partial charge in [0.05, 0.1) is 22.9 Å². The van der Waals surface area contributed by atoms with Gasteiger partial charge < -0.3 is 4.74 Å². The number of aromatic nitrogens is 2. The normalized spacial score (nSPS) is 14.7. The van der Waals surface area contributed by atoms with E-state index in [4.69, 9.17) is 22.1 Å². The number of carbonyl (C=O) groups excluding carboxylic acids is 1. The maximum atomic E-state index is 12.9. The molecule has 0 N–H and O–H groups in total. The maximum Gasteiger partial charge on any atom is 0.266 e. The smallest absolute Gasteiger partial charge is 0.266 e. The first-order valence-corrected chi connectivity index (χ1v) is 13.1. The zero-order valence-corrected chi connectivity index (χ0v) is 21.5. The summed E-state index contributed by atoms with van der Waals surface area (Å²) < 4.78 is 8.28. The number of unbranched alkanes of at least 4 members (excludes halogenated alkanes) is 3. The summed E-state index contributed by atoms with van der Waals surface area (Å²) in [5, 5.41) is 4.87. The highest BCUT2D eigenvalue weighted by atomic mass is 32.2. The van der Waals surface area contributed by atoms with Crippen LogP contribution in [0.3, 0.4) is 0 Å². The van der Waals surface area contributed by atoms with Crippen molar-refractivity contribution in [1.29, 1.82) is 0 Å². The Morgan fingerprint density at radius 2 is 1.86 bits per heavy atom. The van der Waals surface area contributed by atoms with E-state index in [1.54, 1.807) is 11.0 Å². The molecule has 7 heteroatoms. The van der Waals surface area contributed by atoms with Crippen LogP contribution in [0.5, 0.6) is 5.75 Å². The number of nitrogens with zero attached hydrogens (tertiary/aromatic N) is 3. The maximum absolute atomic E-state index is 12.9. The van der Waals surface area contributed by atoms with E-state index in [1.807, 2.05) is 71.6 Å². The highest BCUT2D eigenvalue weighted by Gasteiger charge is 2.31. The molecule has 35 heavy (non-hydrogen) atoms. The number of amides is 1. The molecule has 3 aromatic rings. The van der Waals surface area contributed by atoms with Gasteiger partial charge in [-0.2, -0.15) is 5.10 Å². The van der Waals surface area contributed by atoms with Crippen molar-refractivity contribution >= 4 is 40.3 Å². The number of benzene rings is 2. The molecule has 0 bridgehead atoms. The van der Waals surface area contributed by atoms with Gasteiger partial charge in [-0.05, 0) is 48.9 Å². The summed E-state index contributed by atoms with van der Waals surface area (Å²) in [6.45, 7) is 7.05. The first-order valence-electron chi connectivity index (χ1n) is 11.8. The lowest BCUT2D eigenvalue weighted by atomic mass is 10.1. The van der Waals surface area contributed by atoms with Gasteiger partial charge in [-0.25, -0.2) is 4.68 Å². The minimum absolute atomic E-state index is 0.106. The molecule has 180 valence electrons. The van der Waals surface area contributed by atoms with E-state index >= 15 is 0 Å². The van der Waals surface area contributed by atoms with Crippen LogP contribution in [0.1, 0.15) is 38.2 Å². The highest BCUT2D eigenvalue weighted by molar-refractivity contribution is 8.26. The van der Waals surface area contributed by atoms with Crippen LogP contribution in [-0.4, -0.2) is 38.1 Å². The Hall–Kier alpha value is -3.16. The Morgan fingerprint density at radius 3 is 2.57 bits per heavy atom. The van der Waals surface area contributed by atoms with E-state index in [9.17, 15) is 4.79 Å². The molecule has 2 heterocycles. The first-order chi connectivity index (χ1) is 17.1. The second-order valence-electron chi connectivity index (χ2n) is 8.23. The standard InChI is InChI=1S/C28H29N3O2S2/c1-3-5-6-10-18-33-24-15-13-21(14-16-24)26-22(20-31(29-26)23-11-8-7-9-12-23)19-25-27(32)30(17-4-2)28(34)35-25/h4,7-9,11-16,19-20H,2-3,5-6,10,17-18H2,1H3/b25-19+. The van der Waals surface area contributed by atoms with E-state index < -0.39 is 0 Å². The van der Waals surface area contributed by atoms with Gasteiger partial charge in [-0.3, -0.25) is 9.69 Å². The average molecular weight is 504 g/mol. The molecule has 0 aliphatic carbocycles. The lowest BCUT2D eigenvalue weighted by Crippen LogP contribution is -2.27. The molecule has 1 amide bonds. The minimum atomic E-state index is -0.106.